The van der Waals surface area contributed by atoms with Gasteiger partial charge in [-0.2, -0.15) is 5.10 Å². The third-order valence-corrected chi connectivity index (χ3v) is 7.32. The van der Waals surface area contributed by atoms with Crippen molar-refractivity contribution in [2.75, 3.05) is 25.9 Å². The molecule has 9 nitrogen and oxygen atoms in total. The third-order valence-electron chi connectivity index (χ3n) is 4.92. The number of nitrogens with zero attached hydrogens (tertiary/aromatic N) is 4. The van der Waals surface area contributed by atoms with Crippen LogP contribution in [0.4, 0.5) is 0 Å². The summed E-state index contributed by atoms with van der Waals surface area (Å²) < 4.78 is 25.9. The van der Waals surface area contributed by atoms with Gasteiger partial charge in [-0.15, -0.1) is 11.3 Å². The number of hydrogen-bond donors (Lipinski definition) is 1. The smallest absolute Gasteiger partial charge is 0.266 e. The number of carbonyl (C=O) groups excluding carboxylic acids is 1. The molecule has 2 aromatic rings. The van der Waals surface area contributed by atoms with Gasteiger partial charge in [-0.3, -0.25) is 9.59 Å². The number of rotatable bonds is 6. The predicted molar refractivity (Wildman–Crippen MR) is 111 cm³/mol. The lowest BCUT2D eigenvalue weighted by Crippen LogP contribution is -2.43. The molecular weight excluding hydrogens is 414 g/mol. The molecule has 1 amide bonds. The standard InChI is InChI=1S/C18H25N5O4S2/c1-12-17(28-13(2)20-12)15-4-5-16(24)23(21-15)11-8-19-18(25)14-6-9-22(10-7-14)29(3,26)27/h4-5,14H,6-11H2,1-3H3,(H,19,25). The monoisotopic (exact) mass is 439 g/mol. The van der Waals surface area contributed by atoms with Crippen molar-refractivity contribution in [3.05, 3.63) is 33.2 Å². The molecule has 0 bridgehead atoms. The van der Waals surface area contributed by atoms with E-state index in [0.717, 1.165) is 15.6 Å². The molecule has 0 aliphatic carbocycles. The molecule has 0 radical (unpaired) electrons. The number of aryl methyl sites for hydroxylation is 2. The summed E-state index contributed by atoms with van der Waals surface area (Å²) in [4.78, 5) is 29.8. The van der Waals surface area contributed by atoms with E-state index < -0.39 is 10.0 Å². The van der Waals surface area contributed by atoms with Gasteiger partial charge in [0.05, 0.1) is 28.4 Å². The molecule has 1 fully saturated rings. The molecule has 0 unspecified atom stereocenters. The Morgan fingerprint density at radius 2 is 1.97 bits per heavy atom. The van der Waals surface area contributed by atoms with Crippen molar-refractivity contribution in [3.8, 4) is 10.6 Å². The zero-order valence-electron chi connectivity index (χ0n) is 16.7. The van der Waals surface area contributed by atoms with Crippen LogP contribution >= 0.6 is 11.3 Å². The summed E-state index contributed by atoms with van der Waals surface area (Å²) in [6, 6.07) is 3.16. The van der Waals surface area contributed by atoms with E-state index in [4.69, 9.17) is 0 Å². The van der Waals surface area contributed by atoms with Crippen LogP contribution in [-0.2, 0) is 21.4 Å². The van der Waals surface area contributed by atoms with E-state index in [1.165, 1.54) is 32.6 Å². The lowest BCUT2D eigenvalue weighted by atomic mass is 9.97. The zero-order chi connectivity index (χ0) is 21.2. The van der Waals surface area contributed by atoms with Crippen molar-refractivity contribution in [3.63, 3.8) is 0 Å². The van der Waals surface area contributed by atoms with Gasteiger partial charge < -0.3 is 5.32 Å². The molecular formula is C18H25N5O4S2. The van der Waals surface area contributed by atoms with Crippen LogP contribution in [0.5, 0.6) is 0 Å². The summed E-state index contributed by atoms with van der Waals surface area (Å²) in [7, 11) is -3.21. The molecule has 1 N–H and O–H groups in total. The Bertz CT molecular complexity index is 1050. The number of sulfonamides is 1. The minimum Gasteiger partial charge on any atom is -0.354 e. The second-order valence-corrected chi connectivity index (χ2v) is 10.3. The van der Waals surface area contributed by atoms with Gasteiger partial charge in [0.25, 0.3) is 5.56 Å². The molecule has 158 valence electrons. The Morgan fingerprint density at radius 1 is 1.28 bits per heavy atom. The van der Waals surface area contributed by atoms with Crippen LogP contribution in [0, 0.1) is 19.8 Å². The first-order valence-electron chi connectivity index (χ1n) is 9.40. The highest BCUT2D eigenvalue weighted by molar-refractivity contribution is 7.88. The van der Waals surface area contributed by atoms with Gasteiger partial charge in [-0.1, -0.05) is 0 Å². The lowest BCUT2D eigenvalue weighted by molar-refractivity contribution is -0.126. The summed E-state index contributed by atoms with van der Waals surface area (Å²) in [5.74, 6) is -0.330. The average Bonchev–Trinajstić information content (AvgIpc) is 3.00. The van der Waals surface area contributed by atoms with Crippen molar-refractivity contribution in [1.82, 2.24) is 24.4 Å². The molecule has 1 aliphatic rings. The predicted octanol–water partition coefficient (Wildman–Crippen LogP) is 0.771. The van der Waals surface area contributed by atoms with Crippen molar-refractivity contribution in [2.24, 2.45) is 5.92 Å². The summed E-state index contributed by atoms with van der Waals surface area (Å²) in [6.45, 7) is 5.08. The summed E-state index contributed by atoms with van der Waals surface area (Å²) in [6.07, 6.45) is 2.18. The van der Waals surface area contributed by atoms with E-state index in [9.17, 15) is 18.0 Å². The molecule has 0 saturated carbocycles. The van der Waals surface area contributed by atoms with E-state index in [1.807, 2.05) is 13.8 Å². The van der Waals surface area contributed by atoms with E-state index in [1.54, 1.807) is 6.07 Å². The fourth-order valence-electron chi connectivity index (χ4n) is 3.38. The molecule has 3 heterocycles. The van der Waals surface area contributed by atoms with E-state index in [0.29, 0.717) is 31.6 Å². The van der Waals surface area contributed by atoms with E-state index in [-0.39, 0.29) is 30.5 Å². The number of amides is 1. The fourth-order valence-corrected chi connectivity index (χ4v) is 5.14. The van der Waals surface area contributed by atoms with Crippen molar-refractivity contribution >= 4 is 27.3 Å². The van der Waals surface area contributed by atoms with Gasteiger partial charge in [-0.25, -0.2) is 22.4 Å². The first kappa shape index (κ1) is 21.6. The molecule has 0 aromatic carbocycles. The molecule has 1 aliphatic heterocycles. The first-order valence-corrected chi connectivity index (χ1v) is 12.1. The number of nitrogens with one attached hydrogen (secondary N) is 1. The number of carbonyl (C=O) groups is 1. The van der Waals surface area contributed by atoms with Crippen LogP contribution in [-0.4, -0.2) is 59.3 Å². The molecule has 2 aromatic heterocycles. The number of hydrogen-bond acceptors (Lipinski definition) is 7. The topological polar surface area (TPSA) is 114 Å². The zero-order valence-corrected chi connectivity index (χ0v) is 18.3. The number of piperidine rings is 1. The molecule has 1 saturated heterocycles. The van der Waals surface area contributed by atoms with Gasteiger partial charge in [0.1, 0.15) is 5.69 Å². The fraction of sp³-hybridized carbons (Fsp3) is 0.556. The van der Waals surface area contributed by atoms with E-state index >= 15 is 0 Å². The summed E-state index contributed by atoms with van der Waals surface area (Å²) >= 11 is 1.53. The van der Waals surface area contributed by atoms with E-state index in [2.05, 4.69) is 15.4 Å². The number of thiazole rings is 1. The summed E-state index contributed by atoms with van der Waals surface area (Å²) in [5.41, 5.74) is 1.33. The SMILES string of the molecule is Cc1nc(C)c(-c2ccc(=O)n(CCNC(=O)C3CCN(S(C)(=O)=O)CC3)n2)s1. The minimum atomic E-state index is -3.21. The lowest BCUT2D eigenvalue weighted by Gasteiger charge is -2.29. The Kier molecular flexibility index (Phi) is 6.49. The molecule has 29 heavy (non-hydrogen) atoms. The maximum Gasteiger partial charge on any atom is 0.266 e. The molecule has 3 rings (SSSR count). The Balaban J connectivity index is 1.57. The molecule has 0 spiro atoms. The van der Waals surface area contributed by atoms with Gasteiger partial charge in [0.2, 0.25) is 15.9 Å². The van der Waals surface area contributed by atoms with Crippen molar-refractivity contribution in [1.29, 1.82) is 0 Å². The van der Waals surface area contributed by atoms with Crippen molar-refractivity contribution in [2.45, 2.75) is 33.2 Å². The third kappa shape index (κ3) is 5.28. The highest BCUT2D eigenvalue weighted by atomic mass is 32.2. The van der Waals surface area contributed by atoms with Gasteiger partial charge >= 0.3 is 0 Å². The Labute approximate surface area is 173 Å². The van der Waals surface area contributed by atoms with Gasteiger partial charge in [-0.05, 0) is 32.8 Å². The quantitative estimate of drug-likeness (QED) is 0.711. The Hall–Kier alpha value is -2.11. The highest BCUT2D eigenvalue weighted by Crippen LogP contribution is 2.27. The molecule has 0 atom stereocenters. The second-order valence-electron chi connectivity index (χ2n) is 7.15. The minimum absolute atomic E-state index is 0.115. The second kappa shape index (κ2) is 8.72. The normalized spacial score (nSPS) is 16.1. The average molecular weight is 440 g/mol. The summed E-state index contributed by atoms with van der Waals surface area (Å²) in [5, 5.41) is 8.19. The van der Waals surface area contributed by atoms with Gasteiger partial charge in [0, 0.05) is 31.6 Å². The van der Waals surface area contributed by atoms with Crippen LogP contribution in [0.1, 0.15) is 23.5 Å². The maximum absolute atomic E-state index is 12.4. The van der Waals surface area contributed by atoms with Gasteiger partial charge in [0.15, 0.2) is 0 Å². The van der Waals surface area contributed by atoms with Crippen LogP contribution in [0.25, 0.3) is 10.6 Å². The number of aromatic nitrogens is 3. The highest BCUT2D eigenvalue weighted by Gasteiger charge is 2.28. The molecule has 11 heteroatoms. The first-order chi connectivity index (χ1) is 13.6. The Morgan fingerprint density at radius 3 is 2.55 bits per heavy atom. The maximum atomic E-state index is 12.4. The van der Waals surface area contributed by atoms with Crippen molar-refractivity contribution < 1.29 is 13.2 Å². The van der Waals surface area contributed by atoms with Crippen LogP contribution in [0.3, 0.4) is 0 Å². The van der Waals surface area contributed by atoms with Crippen LogP contribution in [0.2, 0.25) is 0 Å². The van der Waals surface area contributed by atoms with Crippen LogP contribution in [0.15, 0.2) is 16.9 Å². The van der Waals surface area contributed by atoms with Crippen LogP contribution < -0.4 is 10.9 Å². The largest absolute Gasteiger partial charge is 0.354 e.